The number of aryl methyl sites for hydroxylation is 1. The van der Waals surface area contributed by atoms with E-state index in [0.29, 0.717) is 13.2 Å². The summed E-state index contributed by atoms with van der Waals surface area (Å²) in [5, 5.41) is 0.736. The predicted octanol–water partition coefficient (Wildman–Crippen LogP) is 3.40. The molecular weight excluding hydrogens is 236 g/mol. The molecule has 0 bridgehead atoms. The van der Waals surface area contributed by atoms with E-state index in [2.05, 4.69) is 11.8 Å². The minimum atomic E-state index is -0.212. The molecule has 1 rings (SSSR count). The summed E-state index contributed by atoms with van der Waals surface area (Å²) in [4.78, 5) is 0. The standard InChI is InChI=1S/C14H17ClO2/c1-4-16-12(3)17-9-5-6-13-8-7-11(2)14(15)10-13/h7-8,10,12H,4,9H2,1-3H3. The van der Waals surface area contributed by atoms with Crippen molar-refractivity contribution in [2.24, 2.45) is 0 Å². The van der Waals surface area contributed by atoms with E-state index in [1.165, 1.54) is 0 Å². The molecule has 1 aromatic carbocycles. The second-order valence-corrected chi connectivity index (χ2v) is 4.01. The molecule has 1 unspecified atom stereocenters. The summed E-state index contributed by atoms with van der Waals surface area (Å²) in [6.07, 6.45) is -0.212. The van der Waals surface area contributed by atoms with Crippen LogP contribution in [0, 0.1) is 18.8 Å². The molecule has 0 amide bonds. The molecule has 0 aliphatic rings. The number of halogens is 1. The SMILES string of the molecule is CCOC(C)OCC#Cc1ccc(C)c(Cl)c1. The summed E-state index contributed by atoms with van der Waals surface area (Å²) in [6.45, 7) is 6.75. The van der Waals surface area contributed by atoms with Crippen LogP contribution >= 0.6 is 11.6 Å². The lowest BCUT2D eigenvalue weighted by Crippen LogP contribution is -2.12. The van der Waals surface area contributed by atoms with Crippen LogP contribution in [0.1, 0.15) is 25.0 Å². The number of hydrogen-bond donors (Lipinski definition) is 0. The Morgan fingerprint density at radius 3 is 2.76 bits per heavy atom. The van der Waals surface area contributed by atoms with Crippen molar-refractivity contribution < 1.29 is 9.47 Å². The molecule has 17 heavy (non-hydrogen) atoms. The van der Waals surface area contributed by atoms with Gasteiger partial charge in [-0.2, -0.15) is 0 Å². The van der Waals surface area contributed by atoms with Gasteiger partial charge in [0.05, 0.1) is 0 Å². The van der Waals surface area contributed by atoms with E-state index in [1.807, 2.05) is 39.0 Å². The van der Waals surface area contributed by atoms with Gasteiger partial charge in [-0.15, -0.1) is 0 Å². The highest BCUT2D eigenvalue weighted by molar-refractivity contribution is 6.31. The Balaban J connectivity index is 2.46. The molecule has 0 N–H and O–H groups in total. The van der Waals surface area contributed by atoms with E-state index in [-0.39, 0.29) is 6.29 Å². The van der Waals surface area contributed by atoms with Crippen LogP contribution in [0.25, 0.3) is 0 Å². The summed E-state index contributed by atoms with van der Waals surface area (Å²) in [5.41, 5.74) is 1.95. The molecule has 0 saturated carbocycles. The Bertz CT molecular complexity index is 418. The normalized spacial score (nSPS) is 11.8. The Hall–Kier alpha value is -1.01. The first-order chi connectivity index (χ1) is 8.13. The molecule has 3 heteroatoms. The first-order valence-corrected chi connectivity index (χ1v) is 5.99. The molecular formula is C14H17ClO2. The zero-order valence-electron chi connectivity index (χ0n) is 10.4. The number of rotatable bonds is 4. The third-order valence-corrected chi connectivity index (χ3v) is 2.60. The molecule has 0 aliphatic carbocycles. The van der Waals surface area contributed by atoms with E-state index in [0.717, 1.165) is 16.1 Å². The van der Waals surface area contributed by atoms with Crippen LogP contribution in [-0.4, -0.2) is 19.5 Å². The van der Waals surface area contributed by atoms with Gasteiger partial charge in [-0.3, -0.25) is 0 Å². The van der Waals surface area contributed by atoms with Crippen molar-refractivity contribution in [3.63, 3.8) is 0 Å². The van der Waals surface area contributed by atoms with E-state index >= 15 is 0 Å². The van der Waals surface area contributed by atoms with Gasteiger partial charge in [0.15, 0.2) is 6.29 Å². The summed E-state index contributed by atoms with van der Waals surface area (Å²) in [6, 6.07) is 5.76. The molecule has 0 spiro atoms. The second-order valence-electron chi connectivity index (χ2n) is 3.60. The van der Waals surface area contributed by atoms with E-state index < -0.39 is 0 Å². The summed E-state index contributed by atoms with van der Waals surface area (Å²) in [5.74, 6) is 5.92. The third-order valence-electron chi connectivity index (χ3n) is 2.20. The fourth-order valence-electron chi connectivity index (χ4n) is 1.25. The third kappa shape index (κ3) is 5.23. The fourth-order valence-corrected chi connectivity index (χ4v) is 1.43. The number of hydrogen-bond acceptors (Lipinski definition) is 2. The van der Waals surface area contributed by atoms with E-state index in [1.54, 1.807) is 0 Å². The lowest BCUT2D eigenvalue weighted by atomic mass is 10.1. The van der Waals surface area contributed by atoms with Crippen LogP contribution in [-0.2, 0) is 9.47 Å². The van der Waals surface area contributed by atoms with Gasteiger partial charge in [0.2, 0.25) is 0 Å². The van der Waals surface area contributed by atoms with Crippen LogP contribution in [0.15, 0.2) is 18.2 Å². The average molecular weight is 253 g/mol. The van der Waals surface area contributed by atoms with Crippen LogP contribution in [0.5, 0.6) is 0 Å². The molecule has 2 nitrogen and oxygen atoms in total. The van der Waals surface area contributed by atoms with Crippen molar-refractivity contribution >= 4 is 11.6 Å². The first-order valence-electron chi connectivity index (χ1n) is 5.61. The second kappa shape index (κ2) is 7.34. The summed E-state index contributed by atoms with van der Waals surface area (Å²) in [7, 11) is 0. The maximum Gasteiger partial charge on any atom is 0.156 e. The van der Waals surface area contributed by atoms with E-state index in [9.17, 15) is 0 Å². The molecule has 0 aromatic heterocycles. The van der Waals surface area contributed by atoms with Gasteiger partial charge in [-0.25, -0.2) is 0 Å². The minimum Gasteiger partial charge on any atom is -0.353 e. The van der Waals surface area contributed by atoms with Gasteiger partial charge in [0, 0.05) is 17.2 Å². The lowest BCUT2D eigenvalue weighted by molar-refractivity contribution is -0.117. The molecule has 1 aromatic rings. The highest BCUT2D eigenvalue weighted by atomic mass is 35.5. The number of ether oxygens (including phenoxy) is 2. The fraction of sp³-hybridized carbons (Fsp3) is 0.429. The van der Waals surface area contributed by atoms with Gasteiger partial charge < -0.3 is 9.47 Å². The Morgan fingerprint density at radius 1 is 1.35 bits per heavy atom. The predicted molar refractivity (Wildman–Crippen MR) is 70.1 cm³/mol. The molecule has 0 saturated heterocycles. The van der Waals surface area contributed by atoms with Gasteiger partial charge in [-0.1, -0.05) is 29.5 Å². The maximum atomic E-state index is 6.00. The molecule has 1 atom stereocenters. The first kappa shape index (κ1) is 14.1. The van der Waals surface area contributed by atoms with Crippen molar-refractivity contribution in [3.8, 4) is 11.8 Å². The van der Waals surface area contributed by atoms with Gasteiger partial charge >= 0.3 is 0 Å². The van der Waals surface area contributed by atoms with Gasteiger partial charge in [0.1, 0.15) is 6.61 Å². The molecule has 0 radical (unpaired) electrons. The molecule has 0 fully saturated rings. The topological polar surface area (TPSA) is 18.5 Å². The largest absolute Gasteiger partial charge is 0.353 e. The molecule has 92 valence electrons. The van der Waals surface area contributed by atoms with Gasteiger partial charge in [-0.05, 0) is 38.5 Å². The van der Waals surface area contributed by atoms with Crippen LogP contribution in [0.2, 0.25) is 5.02 Å². The lowest BCUT2D eigenvalue weighted by Gasteiger charge is -2.09. The summed E-state index contributed by atoms with van der Waals surface area (Å²) >= 11 is 6.00. The highest BCUT2D eigenvalue weighted by Crippen LogP contribution is 2.15. The van der Waals surface area contributed by atoms with Crippen molar-refractivity contribution in [1.82, 2.24) is 0 Å². The zero-order valence-corrected chi connectivity index (χ0v) is 11.2. The van der Waals surface area contributed by atoms with Crippen molar-refractivity contribution in [2.75, 3.05) is 13.2 Å². The Labute approximate surface area is 108 Å². The van der Waals surface area contributed by atoms with Crippen molar-refractivity contribution in [3.05, 3.63) is 34.3 Å². The maximum absolute atomic E-state index is 6.00. The van der Waals surface area contributed by atoms with E-state index in [4.69, 9.17) is 21.1 Å². The van der Waals surface area contributed by atoms with Crippen molar-refractivity contribution in [1.29, 1.82) is 0 Å². The Kier molecular flexibility index (Phi) is 6.07. The summed E-state index contributed by atoms with van der Waals surface area (Å²) < 4.78 is 10.5. The Morgan fingerprint density at radius 2 is 2.12 bits per heavy atom. The van der Waals surface area contributed by atoms with Crippen molar-refractivity contribution in [2.45, 2.75) is 27.1 Å². The molecule has 0 heterocycles. The highest BCUT2D eigenvalue weighted by Gasteiger charge is 1.97. The quantitative estimate of drug-likeness (QED) is 0.604. The number of benzene rings is 1. The van der Waals surface area contributed by atoms with Gasteiger partial charge in [0.25, 0.3) is 0 Å². The zero-order chi connectivity index (χ0) is 12.7. The van der Waals surface area contributed by atoms with Crippen LogP contribution < -0.4 is 0 Å². The van der Waals surface area contributed by atoms with Crippen LogP contribution in [0.4, 0.5) is 0 Å². The monoisotopic (exact) mass is 252 g/mol. The minimum absolute atomic E-state index is 0.212. The average Bonchev–Trinajstić information content (AvgIpc) is 2.29. The van der Waals surface area contributed by atoms with Crippen LogP contribution in [0.3, 0.4) is 0 Å². The smallest absolute Gasteiger partial charge is 0.156 e. The molecule has 0 aliphatic heterocycles.